The van der Waals surface area contributed by atoms with Crippen molar-refractivity contribution in [3.05, 3.63) is 35.4 Å². The molecular weight excluding hydrogens is 246 g/mol. The summed E-state index contributed by atoms with van der Waals surface area (Å²) in [5, 5.41) is 0. The van der Waals surface area contributed by atoms with Crippen LogP contribution in [0, 0.1) is 23.5 Å². The van der Waals surface area contributed by atoms with Crippen molar-refractivity contribution in [3.8, 4) is 0 Å². The fourth-order valence-corrected chi connectivity index (χ4v) is 3.35. The van der Waals surface area contributed by atoms with E-state index in [1.807, 2.05) is 0 Å². The molecule has 0 saturated heterocycles. The molecule has 0 spiro atoms. The molecule has 1 aliphatic rings. The minimum Gasteiger partial charge on any atom is -0.271 e. The maximum atomic E-state index is 13.4. The van der Waals surface area contributed by atoms with Crippen molar-refractivity contribution in [3.63, 3.8) is 0 Å². The number of hydrogen-bond donors (Lipinski definition) is 2. The Labute approximate surface area is 113 Å². The van der Waals surface area contributed by atoms with Crippen molar-refractivity contribution in [1.82, 2.24) is 5.43 Å². The highest BCUT2D eigenvalue weighted by Gasteiger charge is 2.31. The number of nitrogens with two attached hydrogens (primary N) is 1. The van der Waals surface area contributed by atoms with Gasteiger partial charge in [-0.15, -0.1) is 0 Å². The van der Waals surface area contributed by atoms with Gasteiger partial charge in [0.05, 0.1) is 0 Å². The second-order valence-electron chi connectivity index (χ2n) is 5.43. The Morgan fingerprint density at radius 2 is 2.00 bits per heavy atom. The van der Waals surface area contributed by atoms with E-state index in [1.54, 1.807) is 6.07 Å². The molecule has 3 unspecified atom stereocenters. The molecule has 1 aromatic carbocycles. The Balaban J connectivity index is 2.24. The molecule has 3 atom stereocenters. The lowest BCUT2D eigenvalue weighted by Gasteiger charge is -2.36. The van der Waals surface area contributed by atoms with Crippen molar-refractivity contribution in [2.24, 2.45) is 17.7 Å². The van der Waals surface area contributed by atoms with Gasteiger partial charge in [-0.1, -0.05) is 38.7 Å². The molecule has 1 saturated carbocycles. The Morgan fingerprint density at radius 1 is 1.26 bits per heavy atom. The van der Waals surface area contributed by atoms with Gasteiger partial charge in [0.15, 0.2) is 11.6 Å². The van der Waals surface area contributed by atoms with Gasteiger partial charge in [-0.3, -0.25) is 11.3 Å². The summed E-state index contributed by atoms with van der Waals surface area (Å²) >= 11 is 0. The van der Waals surface area contributed by atoms with Gasteiger partial charge >= 0.3 is 0 Å². The number of halogens is 2. The van der Waals surface area contributed by atoms with E-state index in [2.05, 4.69) is 12.3 Å². The maximum Gasteiger partial charge on any atom is 0.159 e. The van der Waals surface area contributed by atoms with E-state index in [4.69, 9.17) is 5.84 Å². The highest BCUT2D eigenvalue weighted by molar-refractivity contribution is 5.22. The first-order valence-electron chi connectivity index (χ1n) is 7.08. The zero-order valence-corrected chi connectivity index (χ0v) is 11.3. The summed E-state index contributed by atoms with van der Waals surface area (Å²) in [6.07, 6.45) is 5.83. The van der Waals surface area contributed by atoms with Crippen molar-refractivity contribution < 1.29 is 8.78 Å². The van der Waals surface area contributed by atoms with E-state index in [9.17, 15) is 8.78 Å². The molecule has 1 fully saturated rings. The minimum absolute atomic E-state index is 0.0969. The van der Waals surface area contributed by atoms with Crippen LogP contribution in [0.2, 0.25) is 0 Å². The Morgan fingerprint density at radius 3 is 2.63 bits per heavy atom. The highest BCUT2D eigenvalue weighted by atomic mass is 19.2. The van der Waals surface area contributed by atoms with Crippen LogP contribution in [-0.4, -0.2) is 0 Å². The normalized spacial score (nSPS) is 25.3. The molecule has 0 radical (unpaired) electrons. The van der Waals surface area contributed by atoms with Crippen molar-refractivity contribution >= 4 is 0 Å². The van der Waals surface area contributed by atoms with Gasteiger partial charge in [-0.2, -0.15) is 0 Å². The largest absolute Gasteiger partial charge is 0.271 e. The average molecular weight is 268 g/mol. The molecule has 0 aromatic heterocycles. The molecule has 19 heavy (non-hydrogen) atoms. The lowest BCUT2D eigenvalue weighted by molar-refractivity contribution is 0.175. The van der Waals surface area contributed by atoms with Crippen LogP contribution in [-0.2, 0) is 0 Å². The second kappa shape index (κ2) is 6.44. The molecule has 0 bridgehead atoms. The molecule has 1 aromatic rings. The lowest BCUT2D eigenvalue weighted by Crippen LogP contribution is -2.38. The fourth-order valence-electron chi connectivity index (χ4n) is 3.35. The topological polar surface area (TPSA) is 38.0 Å². The highest BCUT2D eigenvalue weighted by Crippen LogP contribution is 2.40. The summed E-state index contributed by atoms with van der Waals surface area (Å²) in [4.78, 5) is 0. The smallest absolute Gasteiger partial charge is 0.159 e. The molecule has 2 nitrogen and oxygen atoms in total. The molecule has 3 N–H and O–H groups in total. The van der Waals surface area contributed by atoms with Crippen LogP contribution in [0.1, 0.15) is 50.6 Å². The minimum atomic E-state index is -0.810. The molecule has 0 aliphatic heterocycles. The number of nitrogens with one attached hydrogen (secondary N) is 1. The third-order valence-electron chi connectivity index (χ3n) is 4.40. The summed E-state index contributed by atoms with van der Waals surface area (Å²) in [5.41, 5.74) is 3.55. The number of hydrazine groups is 1. The van der Waals surface area contributed by atoms with Crippen LogP contribution in [0.15, 0.2) is 18.2 Å². The Bertz CT molecular complexity index is 423. The molecule has 1 aliphatic carbocycles. The van der Waals surface area contributed by atoms with Gasteiger partial charge in [0.25, 0.3) is 0 Å². The van der Waals surface area contributed by atoms with E-state index >= 15 is 0 Å². The summed E-state index contributed by atoms with van der Waals surface area (Å²) in [6.45, 7) is 2.18. The predicted octanol–water partition coefficient (Wildman–Crippen LogP) is 3.69. The third-order valence-corrected chi connectivity index (χ3v) is 4.40. The first-order valence-corrected chi connectivity index (χ1v) is 7.08. The standard InChI is InChI=1S/C15H22F2N2/c1-2-10-5-3-4-6-12(10)15(19-18)11-7-8-13(16)14(17)9-11/h7-10,12,15,19H,2-6,18H2,1H3. The summed E-state index contributed by atoms with van der Waals surface area (Å²) in [5.74, 6) is 5.06. The van der Waals surface area contributed by atoms with Crippen molar-refractivity contribution in [2.75, 3.05) is 0 Å². The van der Waals surface area contributed by atoms with E-state index in [0.717, 1.165) is 18.4 Å². The van der Waals surface area contributed by atoms with Crippen molar-refractivity contribution in [1.29, 1.82) is 0 Å². The van der Waals surface area contributed by atoms with E-state index < -0.39 is 11.6 Å². The average Bonchev–Trinajstić information content (AvgIpc) is 2.44. The molecule has 0 heterocycles. The van der Waals surface area contributed by atoms with E-state index in [1.165, 1.54) is 31.4 Å². The Hall–Kier alpha value is -1.00. The third kappa shape index (κ3) is 3.12. The van der Waals surface area contributed by atoms with Crippen LogP contribution < -0.4 is 11.3 Å². The molecular formula is C15H22F2N2. The molecule has 4 heteroatoms. The Kier molecular flexibility index (Phi) is 4.88. The number of benzene rings is 1. The quantitative estimate of drug-likeness (QED) is 0.645. The van der Waals surface area contributed by atoms with Gasteiger partial charge in [0, 0.05) is 6.04 Å². The van der Waals surface area contributed by atoms with E-state index in [-0.39, 0.29) is 6.04 Å². The molecule has 106 valence electrons. The number of rotatable bonds is 4. The van der Waals surface area contributed by atoms with Crippen LogP contribution in [0.3, 0.4) is 0 Å². The summed E-state index contributed by atoms with van der Waals surface area (Å²) < 4.78 is 26.4. The van der Waals surface area contributed by atoms with Crippen LogP contribution in [0.5, 0.6) is 0 Å². The first kappa shape index (κ1) is 14.4. The van der Waals surface area contributed by atoms with Crippen LogP contribution in [0.4, 0.5) is 8.78 Å². The van der Waals surface area contributed by atoms with Gasteiger partial charge in [-0.05, 0) is 36.0 Å². The fraction of sp³-hybridized carbons (Fsp3) is 0.600. The zero-order chi connectivity index (χ0) is 13.8. The first-order chi connectivity index (χ1) is 9.17. The summed E-state index contributed by atoms with van der Waals surface area (Å²) in [6, 6.07) is 3.98. The van der Waals surface area contributed by atoms with Gasteiger partial charge in [-0.25, -0.2) is 8.78 Å². The summed E-state index contributed by atoms with van der Waals surface area (Å²) in [7, 11) is 0. The van der Waals surface area contributed by atoms with Crippen molar-refractivity contribution in [2.45, 2.75) is 45.1 Å². The maximum absolute atomic E-state index is 13.4. The molecule has 0 amide bonds. The van der Waals surface area contributed by atoms with Crippen LogP contribution >= 0.6 is 0 Å². The second-order valence-corrected chi connectivity index (χ2v) is 5.43. The monoisotopic (exact) mass is 268 g/mol. The van der Waals surface area contributed by atoms with Gasteiger partial charge < -0.3 is 0 Å². The molecule has 2 rings (SSSR count). The van der Waals surface area contributed by atoms with E-state index in [0.29, 0.717) is 11.8 Å². The SMILES string of the molecule is CCC1CCCCC1C(NN)c1ccc(F)c(F)c1. The van der Waals surface area contributed by atoms with Gasteiger partial charge in [0.1, 0.15) is 0 Å². The zero-order valence-electron chi connectivity index (χ0n) is 11.3. The van der Waals surface area contributed by atoms with Crippen LogP contribution in [0.25, 0.3) is 0 Å². The van der Waals surface area contributed by atoms with Gasteiger partial charge in [0.2, 0.25) is 0 Å². The number of hydrogen-bond acceptors (Lipinski definition) is 2. The predicted molar refractivity (Wildman–Crippen MR) is 72.2 cm³/mol. The lowest BCUT2D eigenvalue weighted by atomic mass is 9.72.